The van der Waals surface area contributed by atoms with Crippen LogP contribution in [0.4, 0.5) is 0 Å². The van der Waals surface area contributed by atoms with E-state index in [9.17, 15) is 4.79 Å². The number of hydrogen-bond acceptors (Lipinski definition) is 4. The molecule has 0 unspecified atom stereocenters. The van der Waals surface area contributed by atoms with Gasteiger partial charge in [-0.3, -0.25) is 9.69 Å². The van der Waals surface area contributed by atoms with E-state index < -0.39 is 0 Å². The number of aryl methyl sites for hydroxylation is 1. The van der Waals surface area contributed by atoms with Crippen LogP contribution in [-0.2, 0) is 17.8 Å². The van der Waals surface area contributed by atoms with Crippen LogP contribution in [0.1, 0.15) is 27.0 Å². The van der Waals surface area contributed by atoms with E-state index in [0.717, 1.165) is 44.0 Å². The topological polar surface area (TPSA) is 50.8 Å². The highest BCUT2D eigenvalue weighted by Gasteiger charge is 2.15. The number of carbonyl (C=O) groups excluding carboxylic acids is 1. The van der Waals surface area contributed by atoms with Gasteiger partial charge < -0.3 is 14.8 Å². The lowest BCUT2D eigenvalue weighted by molar-refractivity contribution is 0.0340. The highest BCUT2D eigenvalue weighted by atomic mass is 16.5. The maximum absolute atomic E-state index is 12.6. The molecule has 0 aliphatic carbocycles. The lowest BCUT2D eigenvalue weighted by atomic mass is 10.1. The lowest BCUT2D eigenvalue weighted by Crippen LogP contribution is -2.36. The van der Waals surface area contributed by atoms with E-state index in [1.54, 1.807) is 7.11 Å². The summed E-state index contributed by atoms with van der Waals surface area (Å²) in [5.74, 6) is 0.474. The van der Waals surface area contributed by atoms with E-state index in [4.69, 9.17) is 9.47 Å². The number of nitrogens with one attached hydrogen (secondary N) is 1. The molecule has 0 spiro atoms. The molecule has 1 N–H and O–H groups in total. The Hall–Kier alpha value is -2.37. The minimum Gasteiger partial charge on any atom is -0.496 e. The number of methoxy groups -OCH3 is 1. The SMILES string of the molecule is COc1ccc(C)cc1C(=O)NCc1ccccc1CN1CCOCC1. The van der Waals surface area contributed by atoms with Crippen LogP contribution in [0.2, 0.25) is 0 Å². The van der Waals surface area contributed by atoms with Crippen molar-refractivity contribution in [1.82, 2.24) is 10.2 Å². The minimum absolute atomic E-state index is 0.119. The number of hydrogen-bond donors (Lipinski definition) is 1. The molecule has 138 valence electrons. The van der Waals surface area contributed by atoms with Crippen molar-refractivity contribution in [2.45, 2.75) is 20.0 Å². The van der Waals surface area contributed by atoms with Gasteiger partial charge in [0.2, 0.25) is 0 Å². The Morgan fingerprint density at radius 1 is 1.15 bits per heavy atom. The molecule has 3 rings (SSSR count). The molecule has 1 aliphatic heterocycles. The van der Waals surface area contributed by atoms with Crippen LogP contribution in [0.25, 0.3) is 0 Å². The molecule has 1 amide bonds. The van der Waals surface area contributed by atoms with E-state index in [2.05, 4.69) is 22.3 Å². The van der Waals surface area contributed by atoms with Crippen molar-refractivity contribution in [3.8, 4) is 5.75 Å². The largest absolute Gasteiger partial charge is 0.496 e. The molecule has 0 aromatic heterocycles. The first-order chi connectivity index (χ1) is 12.7. The van der Waals surface area contributed by atoms with Crippen LogP contribution in [-0.4, -0.2) is 44.2 Å². The van der Waals surface area contributed by atoms with Gasteiger partial charge in [0.25, 0.3) is 5.91 Å². The number of nitrogens with zero attached hydrogens (tertiary/aromatic N) is 1. The third kappa shape index (κ3) is 4.62. The molecule has 26 heavy (non-hydrogen) atoms. The summed E-state index contributed by atoms with van der Waals surface area (Å²) in [4.78, 5) is 15.0. The fraction of sp³-hybridized carbons (Fsp3) is 0.381. The van der Waals surface area contributed by atoms with Crippen LogP contribution in [0.5, 0.6) is 5.75 Å². The minimum atomic E-state index is -0.119. The third-order valence-electron chi connectivity index (χ3n) is 4.66. The van der Waals surface area contributed by atoms with Gasteiger partial charge in [-0.25, -0.2) is 0 Å². The van der Waals surface area contributed by atoms with Gasteiger partial charge in [0, 0.05) is 26.2 Å². The zero-order valence-corrected chi connectivity index (χ0v) is 15.5. The van der Waals surface area contributed by atoms with Gasteiger partial charge in [0.1, 0.15) is 5.75 Å². The third-order valence-corrected chi connectivity index (χ3v) is 4.66. The summed E-state index contributed by atoms with van der Waals surface area (Å²) in [5, 5.41) is 3.03. The molecule has 5 heteroatoms. The Morgan fingerprint density at radius 2 is 1.88 bits per heavy atom. The van der Waals surface area contributed by atoms with Crippen molar-refractivity contribution in [2.75, 3.05) is 33.4 Å². The van der Waals surface area contributed by atoms with Crippen LogP contribution < -0.4 is 10.1 Å². The average Bonchev–Trinajstić information content (AvgIpc) is 2.68. The lowest BCUT2D eigenvalue weighted by Gasteiger charge is -2.27. The molecule has 1 heterocycles. The maximum atomic E-state index is 12.6. The van der Waals surface area contributed by atoms with Crippen molar-refractivity contribution in [2.24, 2.45) is 0 Å². The van der Waals surface area contributed by atoms with Crippen LogP contribution in [0, 0.1) is 6.92 Å². The summed E-state index contributed by atoms with van der Waals surface area (Å²) in [7, 11) is 1.58. The Morgan fingerprint density at radius 3 is 2.62 bits per heavy atom. The molecular weight excluding hydrogens is 328 g/mol. The van der Waals surface area contributed by atoms with E-state index in [1.807, 2.05) is 37.3 Å². The van der Waals surface area contributed by atoms with Crippen molar-refractivity contribution in [1.29, 1.82) is 0 Å². The smallest absolute Gasteiger partial charge is 0.255 e. The zero-order chi connectivity index (χ0) is 18.4. The van der Waals surface area contributed by atoms with E-state index in [-0.39, 0.29) is 5.91 Å². The van der Waals surface area contributed by atoms with Gasteiger partial charge in [0.15, 0.2) is 0 Å². The predicted octanol–water partition coefficient (Wildman–Crippen LogP) is 2.77. The second-order valence-electron chi connectivity index (χ2n) is 6.54. The Kier molecular flexibility index (Phi) is 6.26. The van der Waals surface area contributed by atoms with Crippen molar-refractivity contribution >= 4 is 5.91 Å². The fourth-order valence-electron chi connectivity index (χ4n) is 3.15. The molecule has 1 saturated heterocycles. The predicted molar refractivity (Wildman–Crippen MR) is 101 cm³/mol. The maximum Gasteiger partial charge on any atom is 0.255 e. The molecule has 0 atom stereocenters. The number of carbonyl (C=O) groups is 1. The highest BCUT2D eigenvalue weighted by Crippen LogP contribution is 2.20. The first kappa shape index (κ1) is 18.4. The van der Waals surface area contributed by atoms with Gasteiger partial charge in [-0.05, 0) is 30.2 Å². The zero-order valence-electron chi connectivity index (χ0n) is 15.5. The Bertz CT molecular complexity index is 755. The number of morpholine rings is 1. The molecule has 5 nitrogen and oxygen atoms in total. The first-order valence-electron chi connectivity index (χ1n) is 8.97. The molecular formula is C21H26N2O3. The van der Waals surface area contributed by atoms with Gasteiger partial charge >= 0.3 is 0 Å². The van der Waals surface area contributed by atoms with Crippen molar-refractivity contribution in [3.05, 3.63) is 64.7 Å². The normalized spacial score (nSPS) is 14.8. The molecule has 0 saturated carbocycles. The number of amides is 1. The van der Waals surface area contributed by atoms with Crippen molar-refractivity contribution < 1.29 is 14.3 Å². The molecule has 2 aromatic rings. The van der Waals surface area contributed by atoms with Crippen LogP contribution in [0.15, 0.2) is 42.5 Å². The summed E-state index contributed by atoms with van der Waals surface area (Å²) in [6.07, 6.45) is 0. The number of benzene rings is 2. The molecule has 0 radical (unpaired) electrons. The van der Waals surface area contributed by atoms with E-state index in [0.29, 0.717) is 17.9 Å². The average molecular weight is 354 g/mol. The molecule has 1 aliphatic rings. The van der Waals surface area contributed by atoms with Crippen LogP contribution >= 0.6 is 0 Å². The monoisotopic (exact) mass is 354 g/mol. The summed E-state index contributed by atoms with van der Waals surface area (Å²) in [6.45, 7) is 6.80. The van der Waals surface area contributed by atoms with Gasteiger partial charge in [-0.2, -0.15) is 0 Å². The summed E-state index contributed by atoms with van der Waals surface area (Å²) < 4.78 is 10.7. The summed E-state index contributed by atoms with van der Waals surface area (Å²) in [5.41, 5.74) is 3.98. The van der Waals surface area contributed by atoms with Crippen LogP contribution in [0.3, 0.4) is 0 Å². The standard InChI is InChI=1S/C21H26N2O3/c1-16-7-8-20(25-2)19(13-16)21(24)22-14-17-5-3-4-6-18(17)15-23-9-11-26-12-10-23/h3-8,13H,9-12,14-15H2,1-2H3,(H,22,24). The van der Waals surface area contributed by atoms with E-state index in [1.165, 1.54) is 5.56 Å². The fourth-order valence-corrected chi connectivity index (χ4v) is 3.15. The van der Waals surface area contributed by atoms with Crippen molar-refractivity contribution in [3.63, 3.8) is 0 Å². The van der Waals surface area contributed by atoms with Gasteiger partial charge in [-0.15, -0.1) is 0 Å². The first-order valence-corrected chi connectivity index (χ1v) is 8.97. The summed E-state index contributed by atoms with van der Waals surface area (Å²) in [6, 6.07) is 13.9. The molecule has 0 bridgehead atoms. The van der Waals surface area contributed by atoms with Gasteiger partial charge in [0.05, 0.1) is 25.9 Å². The molecule has 1 fully saturated rings. The molecule has 2 aromatic carbocycles. The summed E-state index contributed by atoms with van der Waals surface area (Å²) >= 11 is 0. The number of ether oxygens (including phenoxy) is 2. The quantitative estimate of drug-likeness (QED) is 0.867. The Balaban J connectivity index is 1.68. The number of rotatable bonds is 6. The second-order valence-corrected chi connectivity index (χ2v) is 6.54. The van der Waals surface area contributed by atoms with Gasteiger partial charge in [-0.1, -0.05) is 35.9 Å². The highest BCUT2D eigenvalue weighted by molar-refractivity contribution is 5.97. The Labute approximate surface area is 154 Å². The second kappa shape index (κ2) is 8.83. The van der Waals surface area contributed by atoms with E-state index >= 15 is 0 Å².